The Hall–Kier alpha value is -3.17. The highest BCUT2D eigenvalue weighted by molar-refractivity contribution is 7.89. The van der Waals surface area contributed by atoms with Crippen molar-refractivity contribution >= 4 is 21.6 Å². The molecule has 162 valence electrons. The molecule has 0 heterocycles. The van der Waals surface area contributed by atoms with E-state index in [-0.39, 0.29) is 30.0 Å². The molecule has 0 aliphatic heterocycles. The highest BCUT2D eigenvalue weighted by Crippen LogP contribution is 2.19. The number of anilines is 1. The van der Waals surface area contributed by atoms with Crippen molar-refractivity contribution in [3.05, 3.63) is 95.8 Å². The summed E-state index contributed by atoms with van der Waals surface area (Å²) < 4.78 is 66.5. The van der Waals surface area contributed by atoms with E-state index in [0.29, 0.717) is 5.69 Å². The Morgan fingerprint density at radius 3 is 1.81 bits per heavy atom. The highest BCUT2D eigenvalue weighted by Gasteiger charge is 2.19. The van der Waals surface area contributed by atoms with E-state index >= 15 is 0 Å². The lowest BCUT2D eigenvalue weighted by Crippen LogP contribution is -2.34. The minimum absolute atomic E-state index is 0.00804. The summed E-state index contributed by atoms with van der Waals surface area (Å²) in [7, 11) is -3.83. The van der Waals surface area contributed by atoms with Crippen molar-refractivity contribution in [3.63, 3.8) is 0 Å². The fraction of sp³-hybridized carbons (Fsp3) is 0.136. The van der Waals surface area contributed by atoms with Crippen LogP contribution in [0.5, 0.6) is 0 Å². The molecule has 0 saturated heterocycles. The third kappa shape index (κ3) is 5.93. The molecule has 0 radical (unpaired) electrons. The molecule has 1 amide bonds. The van der Waals surface area contributed by atoms with Crippen molar-refractivity contribution in [3.8, 4) is 0 Å². The van der Waals surface area contributed by atoms with Gasteiger partial charge in [0.2, 0.25) is 10.0 Å². The maximum absolute atomic E-state index is 13.3. The molecular weight excluding hydrogens is 429 g/mol. The first-order valence-electron chi connectivity index (χ1n) is 9.34. The number of rotatable bonds is 8. The standard InChI is InChI=1S/C22H19F3N2O3S/c23-17-4-2-16(3-5-17)22(28)27(20-10-6-18(24)7-11-20)15-1-14-26-31(29,30)21-12-8-19(25)9-13-21/h2-13,26H,1,14-15H2. The van der Waals surface area contributed by atoms with Gasteiger partial charge in [-0.15, -0.1) is 0 Å². The summed E-state index contributed by atoms with van der Waals surface area (Å²) in [4.78, 5) is 14.2. The van der Waals surface area contributed by atoms with Gasteiger partial charge >= 0.3 is 0 Å². The van der Waals surface area contributed by atoms with Crippen molar-refractivity contribution in [1.82, 2.24) is 4.72 Å². The van der Waals surface area contributed by atoms with Gasteiger partial charge in [-0.3, -0.25) is 4.79 Å². The van der Waals surface area contributed by atoms with Gasteiger partial charge in [0, 0.05) is 24.3 Å². The smallest absolute Gasteiger partial charge is 0.258 e. The van der Waals surface area contributed by atoms with E-state index in [0.717, 1.165) is 36.4 Å². The Kier molecular flexibility index (Phi) is 7.09. The number of hydrogen-bond acceptors (Lipinski definition) is 3. The molecule has 3 aromatic rings. The van der Waals surface area contributed by atoms with E-state index in [2.05, 4.69) is 4.72 Å². The second kappa shape index (κ2) is 9.76. The van der Waals surface area contributed by atoms with E-state index in [1.165, 1.54) is 41.3 Å². The predicted octanol–water partition coefficient (Wildman–Crippen LogP) is 4.12. The average Bonchev–Trinajstić information content (AvgIpc) is 2.75. The summed E-state index contributed by atoms with van der Waals surface area (Å²) in [5.74, 6) is -1.94. The Balaban J connectivity index is 1.70. The third-order valence-electron chi connectivity index (χ3n) is 4.45. The van der Waals surface area contributed by atoms with Gasteiger partial charge in [-0.1, -0.05) is 0 Å². The normalized spacial score (nSPS) is 11.3. The minimum Gasteiger partial charge on any atom is -0.308 e. The summed E-state index contributed by atoms with van der Waals surface area (Å²) in [6.07, 6.45) is 0.241. The Morgan fingerprint density at radius 1 is 0.774 bits per heavy atom. The first kappa shape index (κ1) is 22.5. The van der Waals surface area contributed by atoms with Crippen LogP contribution in [-0.2, 0) is 10.0 Å². The number of sulfonamides is 1. The lowest BCUT2D eigenvalue weighted by Gasteiger charge is -2.23. The van der Waals surface area contributed by atoms with Crippen molar-refractivity contribution in [2.75, 3.05) is 18.0 Å². The molecule has 1 N–H and O–H groups in total. The van der Waals surface area contributed by atoms with Crippen LogP contribution in [0.25, 0.3) is 0 Å². The molecule has 0 spiro atoms. The summed E-state index contributed by atoms with van der Waals surface area (Å²) in [6.45, 7) is 0.127. The molecule has 0 bridgehead atoms. The van der Waals surface area contributed by atoms with Crippen molar-refractivity contribution in [2.45, 2.75) is 11.3 Å². The van der Waals surface area contributed by atoms with Crippen LogP contribution in [0.1, 0.15) is 16.8 Å². The SMILES string of the molecule is O=C(c1ccc(F)cc1)N(CCCNS(=O)(=O)c1ccc(F)cc1)c1ccc(F)cc1. The van der Waals surface area contributed by atoms with E-state index < -0.39 is 33.4 Å². The summed E-state index contributed by atoms with van der Waals surface area (Å²) >= 11 is 0. The van der Waals surface area contributed by atoms with Crippen LogP contribution < -0.4 is 9.62 Å². The van der Waals surface area contributed by atoms with Gasteiger partial charge in [0.1, 0.15) is 17.5 Å². The number of benzene rings is 3. The molecular formula is C22H19F3N2O3S. The molecule has 0 aliphatic carbocycles. The molecule has 3 rings (SSSR count). The van der Waals surface area contributed by atoms with Gasteiger partial charge in [-0.25, -0.2) is 26.3 Å². The van der Waals surface area contributed by atoms with Gasteiger partial charge in [0.05, 0.1) is 4.90 Å². The number of carbonyl (C=O) groups is 1. The maximum atomic E-state index is 13.3. The van der Waals surface area contributed by atoms with Gasteiger partial charge in [-0.05, 0) is 79.2 Å². The topological polar surface area (TPSA) is 66.5 Å². The molecule has 9 heteroatoms. The molecule has 3 aromatic carbocycles. The van der Waals surface area contributed by atoms with Crippen LogP contribution in [0.2, 0.25) is 0 Å². The fourth-order valence-corrected chi connectivity index (χ4v) is 3.93. The first-order chi connectivity index (χ1) is 14.8. The Morgan fingerprint density at radius 2 is 1.26 bits per heavy atom. The van der Waals surface area contributed by atoms with Crippen LogP contribution in [0.4, 0.5) is 18.9 Å². The van der Waals surface area contributed by atoms with Gasteiger partial charge < -0.3 is 4.90 Å². The number of hydrogen-bond donors (Lipinski definition) is 1. The van der Waals surface area contributed by atoms with Crippen LogP contribution in [-0.4, -0.2) is 27.4 Å². The van der Waals surface area contributed by atoms with Crippen molar-refractivity contribution in [2.24, 2.45) is 0 Å². The number of nitrogens with one attached hydrogen (secondary N) is 1. The van der Waals surface area contributed by atoms with Gasteiger partial charge in [0.25, 0.3) is 5.91 Å². The average molecular weight is 448 g/mol. The van der Waals surface area contributed by atoms with Crippen LogP contribution in [0.3, 0.4) is 0 Å². The zero-order chi connectivity index (χ0) is 22.4. The molecule has 31 heavy (non-hydrogen) atoms. The second-order valence-corrected chi connectivity index (χ2v) is 8.41. The lowest BCUT2D eigenvalue weighted by molar-refractivity contribution is 0.0986. The van der Waals surface area contributed by atoms with Crippen molar-refractivity contribution in [1.29, 1.82) is 0 Å². The quantitative estimate of drug-likeness (QED) is 0.528. The largest absolute Gasteiger partial charge is 0.308 e. The van der Waals surface area contributed by atoms with Crippen LogP contribution >= 0.6 is 0 Å². The Bertz CT molecular complexity index is 1130. The number of carbonyl (C=O) groups excluding carboxylic acids is 1. The second-order valence-electron chi connectivity index (χ2n) is 6.65. The zero-order valence-electron chi connectivity index (χ0n) is 16.3. The number of nitrogens with zero attached hydrogens (tertiary/aromatic N) is 1. The van der Waals surface area contributed by atoms with Gasteiger partial charge in [-0.2, -0.15) is 0 Å². The number of amides is 1. The first-order valence-corrected chi connectivity index (χ1v) is 10.8. The van der Waals surface area contributed by atoms with Gasteiger partial charge in [0.15, 0.2) is 0 Å². The zero-order valence-corrected chi connectivity index (χ0v) is 17.1. The number of halogens is 3. The molecule has 0 saturated carbocycles. The summed E-state index contributed by atoms with van der Waals surface area (Å²) in [5.41, 5.74) is 0.648. The molecule has 0 fully saturated rings. The molecule has 0 unspecified atom stereocenters. The van der Waals surface area contributed by atoms with E-state index in [9.17, 15) is 26.4 Å². The van der Waals surface area contributed by atoms with Crippen LogP contribution in [0, 0.1) is 17.5 Å². The van der Waals surface area contributed by atoms with E-state index in [1.807, 2.05) is 0 Å². The Labute approximate surface area is 178 Å². The molecule has 0 aromatic heterocycles. The van der Waals surface area contributed by atoms with Crippen molar-refractivity contribution < 1.29 is 26.4 Å². The third-order valence-corrected chi connectivity index (χ3v) is 5.93. The molecule has 0 atom stereocenters. The molecule has 5 nitrogen and oxygen atoms in total. The summed E-state index contributed by atoms with van der Waals surface area (Å²) in [5, 5.41) is 0. The highest BCUT2D eigenvalue weighted by atomic mass is 32.2. The maximum Gasteiger partial charge on any atom is 0.258 e. The lowest BCUT2D eigenvalue weighted by atomic mass is 10.1. The monoisotopic (exact) mass is 448 g/mol. The molecule has 0 aliphatic rings. The van der Waals surface area contributed by atoms with E-state index in [4.69, 9.17) is 0 Å². The predicted molar refractivity (Wildman–Crippen MR) is 111 cm³/mol. The fourth-order valence-electron chi connectivity index (χ4n) is 2.86. The summed E-state index contributed by atoms with van der Waals surface area (Å²) in [6, 6.07) is 14.7. The minimum atomic E-state index is -3.83. The van der Waals surface area contributed by atoms with Crippen LogP contribution in [0.15, 0.2) is 77.7 Å². The van der Waals surface area contributed by atoms with E-state index in [1.54, 1.807) is 0 Å².